The number of nitrogen functional groups attached to an aromatic ring is 1. The molecule has 0 aliphatic rings. The summed E-state index contributed by atoms with van der Waals surface area (Å²) in [4.78, 5) is 38.3. The number of aromatic nitrogens is 2. The summed E-state index contributed by atoms with van der Waals surface area (Å²) in [5.41, 5.74) is 8.48. The highest BCUT2D eigenvalue weighted by atomic mass is 19.4. The van der Waals surface area contributed by atoms with Gasteiger partial charge in [0.2, 0.25) is 0 Å². The largest absolute Gasteiger partial charge is 0.494 e. The van der Waals surface area contributed by atoms with Crippen LogP contribution in [0.1, 0.15) is 61.0 Å². The predicted octanol–water partition coefficient (Wildman–Crippen LogP) is 7.33. The molecule has 298 valence electrons. The SMILES string of the molecule is CCOC(=O)c1ccccc1-c1c[nH]c(C(Nc2ccc(C(=N)N)cc2)c2cc(OCC)cc(OC(C)C)c2F)n1.O=C(O)C(F)(F)F.O=C(O)C(F)(F)F. The molecular weight excluding hydrogens is 751 g/mol. The Morgan fingerprint density at radius 3 is 1.98 bits per heavy atom. The summed E-state index contributed by atoms with van der Waals surface area (Å²) in [5.74, 6) is -5.71. The molecule has 0 bridgehead atoms. The van der Waals surface area contributed by atoms with Crippen LogP contribution in [0.25, 0.3) is 11.3 Å². The number of alkyl halides is 6. The van der Waals surface area contributed by atoms with Crippen LogP contribution in [0.5, 0.6) is 11.5 Å². The number of halogens is 7. The van der Waals surface area contributed by atoms with Crippen molar-refractivity contribution in [3.63, 3.8) is 0 Å². The van der Waals surface area contributed by atoms with Crippen LogP contribution < -0.4 is 20.5 Å². The molecule has 0 fully saturated rings. The van der Waals surface area contributed by atoms with Crippen molar-refractivity contribution < 1.29 is 69.5 Å². The number of H-pyrrole nitrogens is 1. The standard InChI is InChI=1S/C31H34FN5O4.2C2HF3O2/c1-5-39-21-15-24(27(32)26(16-21)41-18(3)4)28(36-20-13-11-19(12-14-20)29(33)34)30-35-17-25(37-30)22-9-7-8-10-23(22)31(38)40-6-2;2*3-2(4,5)1(6)7/h7-18,28,36H,5-6H2,1-4H3,(H3,33,34)(H,35,37);2*(H,6,7). The molecule has 3 aromatic carbocycles. The molecule has 55 heavy (non-hydrogen) atoms. The molecule has 0 radical (unpaired) electrons. The Balaban J connectivity index is 0.000000633. The highest BCUT2D eigenvalue weighted by Gasteiger charge is 2.39. The first-order chi connectivity index (χ1) is 25.6. The van der Waals surface area contributed by atoms with Gasteiger partial charge in [-0.2, -0.15) is 26.3 Å². The van der Waals surface area contributed by atoms with Crippen molar-refractivity contribution >= 4 is 29.4 Å². The summed E-state index contributed by atoms with van der Waals surface area (Å²) in [6, 6.07) is 16.2. The van der Waals surface area contributed by atoms with Gasteiger partial charge < -0.3 is 40.5 Å². The lowest BCUT2D eigenvalue weighted by Gasteiger charge is -2.22. The molecular formula is C35H36F7N5O8. The Bertz CT molecular complexity index is 1910. The van der Waals surface area contributed by atoms with E-state index in [4.69, 9.17) is 50.1 Å². The van der Waals surface area contributed by atoms with Crippen LogP contribution in [0, 0.1) is 11.2 Å². The van der Waals surface area contributed by atoms with Gasteiger partial charge in [-0.05, 0) is 64.1 Å². The molecule has 0 aliphatic heterocycles. The van der Waals surface area contributed by atoms with E-state index in [-0.39, 0.29) is 29.9 Å². The molecule has 1 aromatic heterocycles. The van der Waals surface area contributed by atoms with Crippen molar-refractivity contribution in [3.8, 4) is 22.8 Å². The number of hydrogen-bond donors (Lipinski definition) is 6. The number of carbonyl (C=O) groups excluding carboxylic acids is 1. The maximum atomic E-state index is 16.1. The number of benzene rings is 3. The Morgan fingerprint density at radius 1 is 0.927 bits per heavy atom. The van der Waals surface area contributed by atoms with Crippen molar-refractivity contribution in [1.82, 2.24) is 9.97 Å². The highest BCUT2D eigenvalue weighted by molar-refractivity contribution is 5.97. The van der Waals surface area contributed by atoms with Crippen molar-refractivity contribution in [1.29, 1.82) is 5.41 Å². The molecule has 0 saturated heterocycles. The monoisotopic (exact) mass is 787 g/mol. The van der Waals surface area contributed by atoms with Gasteiger partial charge in [-0.1, -0.05) is 18.2 Å². The minimum absolute atomic E-state index is 0.0547. The molecule has 0 spiro atoms. The second kappa shape index (κ2) is 19.7. The Kier molecular flexibility index (Phi) is 16.0. The van der Waals surface area contributed by atoms with Gasteiger partial charge >= 0.3 is 30.3 Å². The zero-order valence-electron chi connectivity index (χ0n) is 29.4. The van der Waals surface area contributed by atoms with E-state index in [1.165, 1.54) is 6.07 Å². The summed E-state index contributed by atoms with van der Waals surface area (Å²) in [6.07, 6.45) is -8.77. The zero-order valence-corrected chi connectivity index (χ0v) is 29.4. The third kappa shape index (κ3) is 13.5. The van der Waals surface area contributed by atoms with Crippen LogP contribution in [0.4, 0.5) is 36.4 Å². The number of carboxylic acid groups (broad SMARTS) is 2. The van der Waals surface area contributed by atoms with Crippen molar-refractivity contribution in [2.45, 2.75) is 52.2 Å². The second-order valence-electron chi connectivity index (χ2n) is 11.0. The Morgan fingerprint density at radius 2 is 1.49 bits per heavy atom. The van der Waals surface area contributed by atoms with E-state index < -0.39 is 42.1 Å². The lowest BCUT2D eigenvalue weighted by atomic mass is 10.0. The number of esters is 1. The fourth-order valence-corrected chi connectivity index (χ4v) is 4.31. The minimum atomic E-state index is -5.08. The molecule has 1 atom stereocenters. The zero-order chi connectivity index (χ0) is 41.7. The van der Waals surface area contributed by atoms with E-state index in [1.807, 2.05) is 20.8 Å². The molecule has 0 amide bonds. The van der Waals surface area contributed by atoms with Gasteiger partial charge in [0.05, 0.1) is 30.6 Å². The van der Waals surface area contributed by atoms with Gasteiger partial charge in [-0.3, -0.25) is 5.41 Å². The quantitative estimate of drug-likeness (QED) is 0.0362. The maximum Gasteiger partial charge on any atom is 0.490 e. The van der Waals surface area contributed by atoms with Gasteiger partial charge in [0.15, 0.2) is 11.6 Å². The molecule has 1 heterocycles. The molecule has 4 rings (SSSR count). The lowest BCUT2D eigenvalue weighted by molar-refractivity contribution is -0.193. The number of carboxylic acids is 2. The molecule has 1 unspecified atom stereocenters. The van der Waals surface area contributed by atoms with Crippen LogP contribution >= 0.6 is 0 Å². The van der Waals surface area contributed by atoms with Crippen LogP contribution in [0.15, 0.2) is 66.9 Å². The number of imidazole rings is 1. The lowest BCUT2D eigenvalue weighted by Crippen LogP contribution is -2.21. The normalized spacial score (nSPS) is 11.6. The van der Waals surface area contributed by atoms with Crippen LogP contribution in [-0.4, -0.2) is 75.6 Å². The number of ether oxygens (including phenoxy) is 3. The summed E-state index contributed by atoms with van der Waals surface area (Å²) in [7, 11) is 0. The predicted molar refractivity (Wildman–Crippen MR) is 184 cm³/mol. The molecule has 0 saturated carbocycles. The van der Waals surface area contributed by atoms with E-state index in [0.29, 0.717) is 46.3 Å². The average Bonchev–Trinajstić information content (AvgIpc) is 3.58. The minimum Gasteiger partial charge on any atom is -0.494 e. The first kappa shape index (κ1) is 44.8. The van der Waals surface area contributed by atoms with Crippen LogP contribution in [-0.2, 0) is 14.3 Å². The van der Waals surface area contributed by atoms with E-state index in [2.05, 4.69) is 10.3 Å². The number of rotatable bonds is 12. The molecule has 13 nitrogen and oxygen atoms in total. The Hall–Kier alpha value is -6.34. The number of amidine groups is 1. The summed E-state index contributed by atoms with van der Waals surface area (Å²) >= 11 is 0. The Labute approximate surface area is 308 Å². The molecule has 4 aromatic rings. The van der Waals surface area contributed by atoms with E-state index >= 15 is 4.39 Å². The third-order valence-corrected chi connectivity index (χ3v) is 6.59. The van der Waals surface area contributed by atoms with Gasteiger partial charge in [0.1, 0.15) is 23.5 Å². The number of aliphatic carboxylic acids is 2. The van der Waals surface area contributed by atoms with Crippen molar-refractivity contribution in [2.75, 3.05) is 18.5 Å². The van der Waals surface area contributed by atoms with E-state index in [9.17, 15) is 31.1 Å². The molecule has 20 heteroatoms. The number of aromatic amines is 1. The first-order valence-corrected chi connectivity index (χ1v) is 15.9. The number of anilines is 1. The van der Waals surface area contributed by atoms with Gasteiger partial charge in [-0.25, -0.2) is 23.8 Å². The molecule has 0 aliphatic carbocycles. The fourth-order valence-electron chi connectivity index (χ4n) is 4.31. The van der Waals surface area contributed by atoms with E-state index in [1.54, 1.807) is 67.7 Å². The van der Waals surface area contributed by atoms with Gasteiger partial charge in [-0.15, -0.1) is 0 Å². The number of nitrogens with two attached hydrogens (primary N) is 1. The molecule has 7 N–H and O–H groups in total. The second-order valence-corrected chi connectivity index (χ2v) is 11.0. The van der Waals surface area contributed by atoms with Gasteiger partial charge in [0, 0.05) is 34.6 Å². The van der Waals surface area contributed by atoms with Crippen molar-refractivity contribution in [3.05, 3.63) is 95.2 Å². The summed E-state index contributed by atoms with van der Waals surface area (Å²) in [5, 5.41) is 25.3. The third-order valence-electron chi connectivity index (χ3n) is 6.59. The average molecular weight is 788 g/mol. The van der Waals surface area contributed by atoms with E-state index in [0.717, 1.165) is 0 Å². The summed E-state index contributed by atoms with van der Waals surface area (Å²) in [6.45, 7) is 7.85. The van der Waals surface area contributed by atoms with Crippen LogP contribution in [0.2, 0.25) is 0 Å². The van der Waals surface area contributed by atoms with Crippen molar-refractivity contribution in [2.24, 2.45) is 5.73 Å². The van der Waals surface area contributed by atoms with Gasteiger partial charge in [0.25, 0.3) is 0 Å². The summed E-state index contributed by atoms with van der Waals surface area (Å²) < 4.78 is 96.3. The van der Waals surface area contributed by atoms with Crippen LogP contribution in [0.3, 0.4) is 0 Å². The number of nitrogens with zero attached hydrogens (tertiary/aromatic N) is 1. The maximum absolute atomic E-state index is 16.1. The topological polar surface area (TPSA) is 210 Å². The smallest absolute Gasteiger partial charge is 0.490 e. The number of carbonyl (C=O) groups is 3. The highest BCUT2D eigenvalue weighted by Crippen LogP contribution is 2.36. The number of nitrogens with one attached hydrogen (secondary N) is 3. The first-order valence-electron chi connectivity index (χ1n) is 15.9. The fraction of sp³-hybridized carbons (Fsp3) is 0.286. The number of hydrogen-bond acceptors (Lipinski definition) is 9.